The van der Waals surface area contributed by atoms with Crippen LogP contribution in [0.2, 0.25) is 5.02 Å². The molecule has 0 heterocycles. The Morgan fingerprint density at radius 3 is 2.57 bits per heavy atom. The molecule has 9 heteroatoms. The second-order valence-electron chi connectivity index (χ2n) is 7.04. The molecule has 1 aliphatic carbocycles. The Hall–Kier alpha value is -2.42. The molecule has 30 heavy (non-hydrogen) atoms. The summed E-state index contributed by atoms with van der Waals surface area (Å²) in [5.74, 6) is -0.559. The summed E-state index contributed by atoms with van der Waals surface area (Å²) < 4.78 is 29.7. The maximum absolute atomic E-state index is 12.1. The average molecular weight is 450 g/mol. The number of fused-ring (bicyclic) bond motifs is 1. The topological polar surface area (TPSA) is 98.8 Å². The molecule has 2 atom stereocenters. The normalized spacial score (nSPS) is 15.9. The van der Waals surface area contributed by atoms with Crippen LogP contribution in [0.1, 0.15) is 23.1 Å². The van der Waals surface area contributed by atoms with Gasteiger partial charge in [0.05, 0.1) is 20.0 Å². The van der Waals surface area contributed by atoms with Crippen molar-refractivity contribution >= 4 is 40.4 Å². The Bertz CT molecular complexity index is 951. The summed E-state index contributed by atoms with van der Waals surface area (Å²) >= 11 is 3.49. The molecule has 1 aliphatic rings. The van der Waals surface area contributed by atoms with Gasteiger partial charge in [0.2, 0.25) is 5.91 Å². The fourth-order valence-corrected chi connectivity index (χ4v) is 4.40. The van der Waals surface area contributed by atoms with E-state index < -0.39 is 11.3 Å². The first kappa shape index (κ1) is 22.3. The number of hydrogen-bond donors (Lipinski definition) is 1. The van der Waals surface area contributed by atoms with E-state index in [0.717, 1.165) is 16.7 Å². The Morgan fingerprint density at radius 2 is 1.90 bits per heavy atom. The predicted octanol–water partition coefficient (Wildman–Crippen LogP) is 2.33. The molecule has 2 unspecified atom stereocenters. The Morgan fingerprint density at radius 1 is 1.20 bits per heavy atom. The Kier molecular flexibility index (Phi) is 7.47. The minimum Gasteiger partial charge on any atom is -0.755 e. The van der Waals surface area contributed by atoms with Crippen LogP contribution >= 0.6 is 11.6 Å². The standard InChI is InChI=1S/C21H23ClN2O5S/c1-29-21(26)8-9-23-20(25)11-14-2-3-15-12-19(13-16(15)10-14)24(30(27)28)18-6-4-17(22)5-7-18/h2-7,10,19H,8-9,11-13H2,1H3,(H,23,25)(H,27,28)/p-1. The van der Waals surface area contributed by atoms with Crippen LogP contribution in [0.4, 0.5) is 5.69 Å². The highest BCUT2D eigenvalue weighted by atomic mass is 35.5. The predicted molar refractivity (Wildman–Crippen MR) is 114 cm³/mol. The molecule has 3 rings (SSSR count). The fourth-order valence-electron chi connectivity index (χ4n) is 3.58. The lowest BCUT2D eigenvalue weighted by Crippen LogP contribution is -2.37. The molecule has 0 aromatic heterocycles. The van der Waals surface area contributed by atoms with Gasteiger partial charge in [0.15, 0.2) is 0 Å². The first-order valence-corrected chi connectivity index (χ1v) is 10.9. The smallest absolute Gasteiger partial charge is 0.307 e. The molecular weight excluding hydrogens is 428 g/mol. The first-order chi connectivity index (χ1) is 14.4. The molecule has 0 radical (unpaired) electrons. The number of ether oxygens (including phenoxy) is 1. The highest BCUT2D eigenvalue weighted by Crippen LogP contribution is 2.31. The molecule has 1 amide bonds. The van der Waals surface area contributed by atoms with Crippen LogP contribution in [-0.2, 0) is 44.9 Å². The third-order valence-electron chi connectivity index (χ3n) is 5.00. The molecule has 2 aromatic rings. The zero-order chi connectivity index (χ0) is 21.7. The minimum absolute atomic E-state index is 0.126. The minimum atomic E-state index is -2.42. The number of methoxy groups -OCH3 is 1. The molecule has 0 bridgehead atoms. The third kappa shape index (κ3) is 5.59. The van der Waals surface area contributed by atoms with Gasteiger partial charge in [0.1, 0.15) is 0 Å². The molecule has 0 saturated heterocycles. The summed E-state index contributed by atoms with van der Waals surface area (Å²) in [5, 5.41) is 3.23. The lowest BCUT2D eigenvalue weighted by Gasteiger charge is -2.32. The molecular formula is C21H22ClN2O5S-. The van der Waals surface area contributed by atoms with E-state index >= 15 is 0 Å². The van der Waals surface area contributed by atoms with Gasteiger partial charge in [-0.25, -0.2) is 0 Å². The zero-order valence-corrected chi connectivity index (χ0v) is 18.0. The number of carbonyl (C=O) groups excluding carboxylic acids is 2. The Labute approximate surface area is 182 Å². The van der Waals surface area contributed by atoms with Gasteiger partial charge in [-0.1, -0.05) is 29.8 Å². The largest absolute Gasteiger partial charge is 0.755 e. The number of halogens is 1. The van der Waals surface area contributed by atoms with Crippen molar-refractivity contribution < 1.29 is 23.1 Å². The lowest BCUT2D eigenvalue weighted by molar-refractivity contribution is -0.140. The van der Waals surface area contributed by atoms with Crippen LogP contribution in [0.15, 0.2) is 42.5 Å². The van der Waals surface area contributed by atoms with Gasteiger partial charge >= 0.3 is 5.97 Å². The summed E-state index contributed by atoms with van der Waals surface area (Å²) in [6.07, 6.45) is 1.47. The Balaban J connectivity index is 1.65. The number of nitrogens with zero attached hydrogens (tertiary/aromatic N) is 1. The van der Waals surface area contributed by atoms with Crippen LogP contribution < -0.4 is 9.62 Å². The number of esters is 1. The van der Waals surface area contributed by atoms with Gasteiger partial charge < -0.3 is 14.6 Å². The SMILES string of the molecule is COC(=O)CCNC(=O)Cc1ccc2c(c1)CC(N(c1ccc(Cl)cc1)S(=O)[O-])C2. The maximum Gasteiger partial charge on any atom is 0.307 e. The molecule has 0 fully saturated rings. The van der Waals surface area contributed by atoms with Crippen molar-refractivity contribution in [1.82, 2.24) is 5.32 Å². The highest BCUT2D eigenvalue weighted by molar-refractivity contribution is 7.80. The molecule has 0 saturated carbocycles. The second-order valence-corrected chi connectivity index (χ2v) is 8.30. The molecule has 160 valence electrons. The molecule has 2 aromatic carbocycles. The fraction of sp³-hybridized carbons (Fsp3) is 0.333. The van der Waals surface area contributed by atoms with Crippen LogP contribution in [0.5, 0.6) is 0 Å². The van der Waals surface area contributed by atoms with Gasteiger partial charge in [0, 0.05) is 34.6 Å². The summed E-state index contributed by atoms with van der Waals surface area (Å²) in [4.78, 5) is 23.2. The summed E-state index contributed by atoms with van der Waals surface area (Å²) in [7, 11) is 1.30. The van der Waals surface area contributed by atoms with Gasteiger partial charge in [-0.3, -0.25) is 18.1 Å². The molecule has 0 aliphatic heterocycles. The first-order valence-electron chi connectivity index (χ1n) is 9.45. The van der Waals surface area contributed by atoms with Crippen molar-refractivity contribution in [2.75, 3.05) is 18.0 Å². The van der Waals surface area contributed by atoms with Crippen molar-refractivity contribution in [3.05, 3.63) is 64.2 Å². The van der Waals surface area contributed by atoms with Gasteiger partial charge in [-0.2, -0.15) is 0 Å². The number of amides is 1. The van der Waals surface area contributed by atoms with Crippen molar-refractivity contribution in [3.8, 4) is 0 Å². The van der Waals surface area contributed by atoms with E-state index in [0.29, 0.717) is 23.6 Å². The van der Waals surface area contributed by atoms with Crippen molar-refractivity contribution in [2.24, 2.45) is 0 Å². The highest BCUT2D eigenvalue weighted by Gasteiger charge is 2.28. The maximum atomic E-state index is 12.1. The van der Waals surface area contributed by atoms with Crippen LogP contribution in [0, 0.1) is 0 Å². The number of anilines is 1. The van der Waals surface area contributed by atoms with E-state index in [1.165, 1.54) is 11.4 Å². The molecule has 7 nitrogen and oxygen atoms in total. The summed E-state index contributed by atoms with van der Waals surface area (Å²) in [6.45, 7) is 0.226. The monoisotopic (exact) mass is 449 g/mol. The van der Waals surface area contributed by atoms with Gasteiger partial charge in [0.25, 0.3) is 0 Å². The van der Waals surface area contributed by atoms with Crippen LogP contribution in [0.3, 0.4) is 0 Å². The van der Waals surface area contributed by atoms with E-state index in [1.54, 1.807) is 24.3 Å². The van der Waals surface area contributed by atoms with E-state index in [4.69, 9.17) is 11.6 Å². The number of nitrogens with one attached hydrogen (secondary N) is 1. The van der Waals surface area contributed by atoms with E-state index in [1.807, 2.05) is 18.2 Å². The van der Waals surface area contributed by atoms with Gasteiger partial charge in [-0.05, 0) is 53.8 Å². The molecule has 1 N–H and O–H groups in total. The van der Waals surface area contributed by atoms with E-state index in [9.17, 15) is 18.4 Å². The second kappa shape index (κ2) is 10.1. The molecule has 0 spiro atoms. The summed E-state index contributed by atoms with van der Waals surface area (Å²) in [6, 6.07) is 12.2. The number of hydrogen-bond acceptors (Lipinski definition) is 5. The number of rotatable bonds is 8. The van der Waals surface area contributed by atoms with Crippen molar-refractivity contribution in [2.45, 2.75) is 31.7 Å². The van der Waals surface area contributed by atoms with E-state index in [2.05, 4.69) is 10.1 Å². The quantitative estimate of drug-likeness (QED) is 0.492. The zero-order valence-electron chi connectivity index (χ0n) is 16.4. The van der Waals surface area contributed by atoms with Crippen LogP contribution in [-0.4, -0.2) is 40.3 Å². The number of carbonyl (C=O) groups is 2. The number of benzene rings is 2. The average Bonchev–Trinajstić information content (AvgIpc) is 3.11. The third-order valence-corrected chi connectivity index (χ3v) is 6.08. The van der Waals surface area contributed by atoms with Crippen LogP contribution in [0.25, 0.3) is 0 Å². The van der Waals surface area contributed by atoms with E-state index in [-0.39, 0.29) is 37.3 Å². The lowest BCUT2D eigenvalue weighted by atomic mass is 10.0. The summed E-state index contributed by atoms with van der Waals surface area (Å²) in [5.41, 5.74) is 3.51. The van der Waals surface area contributed by atoms with Crippen molar-refractivity contribution in [1.29, 1.82) is 0 Å². The van der Waals surface area contributed by atoms with Gasteiger partial charge in [-0.15, -0.1) is 0 Å². The van der Waals surface area contributed by atoms with Crippen molar-refractivity contribution in [3.63, 3.8) is 0 Å².